The number of benzene rings is 2. The number of amides is 1. The molecular formula is C18H17N3O2. The molecule has 0 atom stereocenters. The van der Waals surface area contributed by atoms with Gasteiger partial charge in [-0.25, -0.2) is 4.98 Å². The van der Waals surface area contributed by atoms with Crippen LogP contribution in [0.2, 0.25) is 0 Å². The highest BCUT2D eigenvalue weighted by Gasteiger charge is 2.12. The van der Waals surface area contributed by atoms with E-state index in [2.05, 4.69) is 10.3 Å². The summed E-state index contributed by atoms with van der Waals surface area (Å²) in [4.78, 5) is 29.0. The van der Waals surface area contributed by atoms with Gasteiger partial charge in [-0.2, -0.15) is 0 Å². The monoisotopic (exact) mass is 307 g/mol. The second-order valence-corrected chi connectivity index (χ2v) is 5.41. The summed E-state index contributed by atoms with van der Waals surface area (Å²) in [5, 5.41) is 2.77. The molecule has 3 rings (SSSR count). The number of nitrogens with zero attached hydrogens (tertiary/aromatic N) is 2. The molecule has 0 radical (unpaired) electrons. The van der Waals surface area contributed by atoms with Gasteiger partial charge >= 0.3 is 0 Å². The van der Waals surface area contributed by atoms with Gasteiger partial charge in [0.05, 0.1) is 17.6 Å². The van der Waals surface area contributed by atoms with E-state index in [0.29, 0.717) is 11.3 Å². The van der Waals surface area contributed by atoms with Crippen LogP contribution in [0.15, 0.2) is 53.3 Å². The van der Waals surface area contributed by atoms with Crippen LogP contribution in [0.1, 0.15) is 21.6 Å². The van der Waals surface area contributed by atoms with Crippen molar-refractivity contribution in [1.29, 1.82) is 0 Å². The molecule has 3 aromatic rings. The summed E-state index contributed by atoms with van der Waals surface area (Å²) >= 11 is 0. The summed E-state index contributed by atoms with van der Waals surface area (Å²) in [5.41, 5.74) is 3.12. The maximum Gasteiger partial charge on any atom is 0.274 e. The Morgan fingerprint density at radius 2 is 1.83 bits per heavy atom. The van der Waals surface area contributed by atoms with E-state index in [1.807, 2.05) is 49.4 Å². The van der Waals surface area contributed by atoms with E-state index in [0.717, 1.165) is 16.6 Å². The Kier molecular flexibility index (Phi) is 3.93. The van der Waals surface area contributed by atoms with Crippen molar-refractivity contribution in [2.45, 2.75) is 13.5 Å². The van der Waals surface area contributed by atoms with Crippen molar-refractivity contribution >= 4 is 16.9 Å². The van der Waals surface area contributed by atoms with Crippen molar-refractivity contribution in [2.24, 2.45) is 7.05 Å². The van der Waals surface area contributed by atoms with Gasteiger partial charge in [0.15, 0.2) is 0 Å². The second-order valence-electron chi connectivity index (χ2n) is 5.41. The number of fused-ring (bicyclic) bond motifs is 1. The standard InChI is InChI=1S/C18H17N3O2/c1-12-7-3-4-8-13(12)17(22)19-11-15-18(23)21(2)16-10-6-5-9-14(16)20-15/h3-10H,11H2,1-2H3,(H,19,22). The maximum absolute atomic E-state index is 12.3. The molecule has 0 saturated heterocycles. The number of carbonyl (C=O) groups is 1. The number of aromatic nitrogens is 2. The fraction of sp³-hybridized carbons (Fsp3) is 0.167. The largest absolute Gasteiger partial charge is 0.346 e. The van der Waals surface area contributed by atoms with Crippen LogP contribution in [0.4, 0.5) is 0 Å². The van der Waals surface area contributed by atoms with Crippen LogP contribution >= 0.6 is 0 Å². The van der Waals surface area contributed by atoms with Crippen LogP contribution in [0.3, 0.4) is 0 Å². The molecule has 23 heavy (non-hydrogen) atoms. The van der Waals surface area contributed by atoms with Crippen LogP contribution in [-0.4, -0.2) is 15.5 Å². The van der Waals surface area contributed by atoms with Gasteiger partial charge in [-0.1, -0.05) is 30.3 Å². The molecule has 2 aromatic carbocycles. The van der Waals surface area contributed by atoms with E-state index in [-0.39, 0.29) is 18.0 Å². The Hall–Kier alpha value is -2.95. The molecular weight excluding hydrogens is 290 g/mol. The molecule has 0 saturated carbocycles. The molecule has 0 aliphatic heterocycles. The fourth-order valence-electron chi connectivity index (χ4n) is 2.54. The van der Waals surface area contributed by atoms with Gasteiger partial charge in [0.25, 0.3) is 11.5 Å². The maximum atomic E-state index is 12.3. The summed E-state index contributed by atoms with van der Waals surface area (Å²) in [7, 11) is 1.71. The summed E-state index contributed by atoms with van der Waals surface area (Å²) in [6, 6.07) is 14.8. The van der Waals surface area contributed by atoms with Gasteiger partial charge in [-0.15, -0.1) is 0 Å². The highest BCUT2D eigenvalue weighted by Crippen LogP contribution is 2.09. The first-order valence-electron chi connectivity index (χ1n) is 7.36. The van der Waals surface area contributed by atoms with E-state index in [9.17, 15) is 9.59 Å². The number of para-hydroxylation sites is 2. The lowest BCUT2D eigenvalue weighted by atomic mass is 10.1. The SMILES string of the molecule is Cc1ccccc1C(=O)NCc1nc2ccccc2n(C)c1=O. The predicted octanol–water partition coefficient (Wildman–Crippen LogP) is 2.17. The molecule has 1 heterocycles. The Bertz CT molecular complexity index is 944. The third-order valence-electron chi connectivity index (χ3n) is 3.86. The summed E-state index contributed by atoms with van der Waals surface area (Å²) in [6.45, 7) is 1.98. The zero-order chi connectivity index (χ0) is 16.4. The number of aryl methyl sites for hydroxylation is 2. The van der Waals surface area contributed by atoms with Crippen molar-refractivity contribution < 1.29 is 4.79 Å². The normalized spacial score (nSPS) is 10.7. The predicted molar refractivity (Wildman–Crippen MR) is 89.3 cm³/mol. The first kappa shape index (κ1) is 15.0. The van der Waals surface area contributed by atoms with Crippen LogP contribution < -0.4 is 10.9 Å². The minimum Gasteiger partial charge on any atom is -0.346 e. The van der Waals surface area contributed by atoms with Crippen LogP contribution in [0, 0.1) is 6.92 Å². The lowest BCUT2D eigenvalue weighted by Gasteiger charge is -2.09. The van der Waals surface area contributed by atoms with E-state index >= 15 is 0 Å². The fourth-order valence-corrected chi connectivity index (χ4v) is 2.54. The highest BCUT2D eigenvalue weighted by atomic mass is 16.2. The third-order valence-corrected chi connectivity index (χ3v) is 3.86. The van der Waals surface area contributed by atoms with Crippen LogP contribution in [0.5, 0.6) is 0 Å². The molecule has 1 aromatic heterocycles. The highest BCUT2D eigenvalue weighted by molar-refractivity contribution is 5.95. The Morgan fingerprint density at radius 1 is 1.13 bits per heavy atom. The summed E-state index contributed by atoms with van der Waals surface area (Å²) in [6.07, 6.45) is 0. The van der Waals surface area contributed by atoms with Gasteiger partial charge in [0.2, 0.25) is 0 Å². The topological polar surface area (TPSA) is 64.0 Å². The van der Waals surface area contributed by atoms with Crippen molar-refractivity contribution in [2.75, 3.05) is 0 Å². The number of hydrogen-bond donors (Lipinski definition) is 1. The zero-order valence-electron chi connectivity index (χ0n) is 13.0. The molecule has 5 nitrogen and oxygen atoms in total. The molecule has 0 spiro atoms. The van der Waals surface area contributed by atoms with E-state index in [1.165, 1.54) is 0 Å². The number of carbonyl (C=O) groups excluding carboxylic acids is 1. The van der Waals surface area contributed by atoms with E-state index in [4.69, 9.17) is 0 Å². The molecule has 0 bridgehead atoms. The lowest BCUT2D eigenvalue weighted by Crippen LogP contribution is -2.30. The smallest absolute Gasteiger partial charge is 0.274 e. The lowest BCUT2D eigenvalue weighted by molar-refractivity contribution is 0.0949. The molecule has 1 amide bonds. The zero-order valence-corrected chi connectivity index (χ0v) is 13.0. The van der Waals surface area contributed by atoms with Crippen molar-refractivity contribution in [3.8, 4) is 0 Å². The average Bonchev–Trinajstić information content (AvgIpc) is 2.57. The Morgan fingerprint density at radius 3 is 2.61 bits per heavy atom. The van der Waals surface area contributed by atoms with Crippen molar-refractivity contribution in [3.05, 3.63) is 75.7 Å². The van der Waals surface area contributed by atoms with Gasteiger partial charge in [0, 0.05) is 12.6 Å². The van der Waals surface area contributed by atoms with Gasteiger partial charge in [-0.05, 0) is 30.7 Å². The summed E-state index contributed by atoms with van der Waals surface area (Å²) in [5.74, 6) is -0.208. The first-order valence-corrected chi connectivity index (χ1v) is 7.36. The quantitative estimate of drug-likeness (QED) is 0.806. The van der Waals surface area contributed by atoms with Crippen LogP contribution in [0.25, 0.3) is 11.0 Å². The first-order chi connectivity index (χ1) is 11.1. The third kappa shape index (κ3) is 2.85. The minimum atomic E-state index is -0.208. The molecule has 1 N–H and O–H groups in total. The number of hydrogen-bond acceptors (Lipinski definition) is 3. The van der Waals surface area contributed by atoms with Gasteiger partial charge in [0.1, 0.15) is 5.69 Å². The molecule has 0 aliphatic carbocycles. The summed E-state index contributed by atoms with van der Waals surface area (Å²) < 4.78 is 1.55. The van der Waals surface area contributed by atoms with Gasteiger partial charge < -0.3 is 9.88 Å². The van der Waals surface area contributed by atoms with Gasteiger partial charge in [-0.3, -0.25) is 9.59 Å². The van der Waals surface area contributed by atoms with E-state index in [1.54, 1.807) is 17.7 Å². The molecule has 0 aliphatic rings. The van der Waals surface area contributed by atoms with Crippen LogP contribution in [-0.2, 0) is 13.6 Å². The molecule has 0 unspecified atom stereocenters. The Labute approximate surface area is 133 Å². The number of nitrogens with one attached hydrogen (secondary N) is 1. The van der Waals surface area contributed by atoms with Crippen molar-refractivity contribution in [1.82, 2.24) is 14.9 Å². The second kappa shape index (κ2) is 6.04. The molecule has 116 valence electrons. The Balaban J connectivity index is 1.88. The molecule has 5 heteroatoms. The van der Waals surface area contributed by atoms with Crippen molar-refractivity contribution in [3.63, 3.8) is 0 Å². The minimum absolute atomic E-state index is 0.102. The van der Waals surface area contributed by atoms with E-state index < -0.39 is 0 Å². The average molecular weight is 307 g/mol. The number of rotatable bonds is 3. The molecule has 0 fully saturated rings.